The van der Waals surface area contributed by atoms with Gasteiger partial charge in [-0.15, -0.1) is 35.3 Å². The number of aliphatic imine (C=N–C) groups is 1. The van der Waals surface area contributed by atoms with Crippen molar-refractivity contribution >= 4 is 52.2 Å². The number of rotatable bonds is 7. The summed E-state index contributed by atoms with van der Waals surface area (Å²) in [6.45, 7) is 8.10. The van der Waals surface area contributed by atoms with Gasteiger partial charge in [-0.25, -0.2) is 4.99 Å². The van der Waals surface area contributed by atoms with Crippen LogP contribution in [0.3, 0.4) is 0 Å². The maximum Gasteiger partial charge on any atom is 0.251 e. The molecule has 3 rings (SSSR count). The van der Waals surface area contributed by atoms with Gasteiger partial charge in [0.05, 0.1) is 11.5 Å². The lowest BCUT2D eigenvalue weighted by atomic mass is 10.1. The van der Waals surface area contributed by atoms with Gasteiger partial charge in [-0.1, -0.05) is 12.1 Å². The highest BCUT2D eigenvalue weighted by Crippen LogP contribution is 2.24. The second-order valence-corrected chi connectivity index (χ2v) is 8.04. The Morgan fingerprint density at radius 2 is 1.90 bits per heavy atom. The van der Waals surface area contributed by atoms with Gasteiger partial charge < -0.3 is 20.9 Å². The van der Waals surface area contributed by atoms with Crippen molar-refractivity contribution in [3.8, 4) is 0 Å². The number of hydrogen-bond acceptors (Lipinski definition) is 4. The standard InChI is InChI=1S/C22H31N5OS.HI/c1-3-23-21(28)18-8-5-7-17(15-18)16-25-22(24-4-2)26-19-10-12-27(13-11-19)20-9-6-14-29-20;/h5-9,14-15,19H,3-4,10-13,16H2,1-2H3,(H,23,28)(H2,24,25,26);1H. The molecule has 6 nitrogen and oxygen atoms in total. The van der Waals surface area contributed by atoms with E-state index in [-0.39, 0.29) is 29.9 Å². The molecule has 1 aliphatic rings. The first kappa shape index (κ1) is 24.5. The first-order valence-electron chi connectivity index (χ1n) is 10.4. The molecule has 2 aromatic rings. The van der Waals surface area contributed by atoms with E-state index in [1.807, 2.05) is 31.2 Å². The Balaban J connectivity index is 0.00000320. The fourth-order valence-electron chi connectivity index (χ4n) is 3.45. The number of carbonyl (C=O) groups is 1. The van der Waals surface area contributed by atoms with E-state index >= 15 is 0 Å². The van der Waals surface area contributed by atoms with Crippen molar-refractivity contribution in [2.75, 3.05) is 31.1 Å². The highest BCUT2D eigenvalue weighted by atomic mass is 127. The van der Waals surface area contributed by atoms with Crippen molar-refractivity contribution in [3.63, 3.8) is 0 Å². The number of halogens is 1. The molecule has 0 atom stereocenters. The fourth-order valence-corrected chi connectivity index (χ4v) is 4.24. The van der Waals surface area contributed by atoms with Gasteiger partial charge in [0, 0.05) is 37.8 Å². The normalized spacial score (nSPS) is 14.7. The van der Waals surface area contributed by atoms with E-state index in [1.165, 1.54) is 5.00 Å². The third kappa shape index (κ3) is 7.16. The minimum absolute atomic E-state index is 0. The third-order valence-electron chi connectivity index (χ3n) is 4.94. The number of anilines is 1. The number of amides is 1. The van der Waals surface area contributed by atoms with Gasteiger partial charge in [-0.3, -0.25) is 4.79 Å². The van der Waals surface area contributed by atoms with Crippen LogP contribution in [0.4, 0.5) is 5.00 Å². The van der Waals surface area contributed by atoms with Crippen LogP contribution < -0.4 is 20.9 Å². The largest absolute Gasteiger partial charge is 0.363 e. The van der Waals surface area contributed by atoms with Crippen LogP contribution in [0, 0.1) is 0 Å². The number of carbonyl (C=O) groups excluding carboxylic acids is 1. The number of guanidine groups is 1. The predicted molar refractivity (Wildman–Crippen MR) is 137 cm³/mol. The molecule has 0 bridgehead atoms. The summed E-state index contributed by atoms with van der Waals surface area (Å²) in [7, 11) is 0. The van der Waals surface area contributed by atoms with E-state index in [4.69, 9.17) is 4.99 Å². The molecular weight excluding hydrogens is 509 g/mol. The third-order valence-corrected chi connectivity index (χ3v) is 5.87. The minimum atomic E-state index is -0.0409. The number of nitrogens with one attached hydrogen (secondary N) is 3. The molecule has 1 aromatic heterocycles. The zero-order valence-electron chi connectivity index (χ0n) is 17.7. The average Bonchev–Trinajstić information content (AvgIpc) is 3.28. The number of benzene rings is 1. The fraction of sp³-hybridized carbons (Fsp3) is 0.455. The Labute approximate surface area is 200 Å². The smallest absolute Gasteiger partial charge is 0.251 e. The van der Waals surface area contributed by atoms with Crippen LogP contribution in [0.1, 0.15) is 42.6 Å². The van der Waals surface area contributed by atoms with Crippen molar-refractivity contribution in [2.45, 2.75) is 39.3 Å². The molecule has 8 heteroatoms. The van der Waals surface area contributed by atoms with Crippen molar-refractivity contribution in [3.05, 3.63) is 52.9 Å². The summed E-state index contributed by atoms with van der Waals surface area (Å²) in [6, 6.07) is 12.4. The number of piperidine rings is 1. The van der Waals surface area contributed by atoms with Crippen LogP contribution in [0.15, 0.2) is 46.8 Å². The van der Waals surface area contributed by atoms with E-state index in [0.29, 0.717) is 24.7 Å². The van der Waals surface area contributed by atoms with Crippen LogP contribution in [0.5, 0.6) is 0 Å². The van der Waals surface area contributed by atoms with Gasteiger partial charge in [0.1, 0.15) is 0 Å². The second kappa shape index (κ2) is 12.8. The summed E-state index contributed by atoms with van der Waals surface area (Å²) >= 11 is 1.81. The predicted octanol–water partition coefficient (Wildman–Crippen LogP) is 3.84. The van der Waals surface area contributed by atoms with Gasteiger partial charge in [0.15, 0.2) is 5.96 Å². The van der Waals surface area contributed by atoms with Gasteiger partial charge in [0.2, 0.25) is 0 Å². The Hall–Kier alpha value is -1.81. The van der Waals surface area contributed by atoms with Crippen molar-refractivity contribution in [2.24, 2.45) is 4.99 Å². The Morgan fingerprint density at radius 3 is 2.57 bits per heavy atom. The molecule has 1 aliphatic heterocycles. The van der Waals surface area contributed by atoms with Crippen molar-refractivity contribution < 1.29 is 4.79 Å². The zero-order valence-corrected chi connectivity index (χ0v) is 20.8. The van der Waals surface area contributed by atoms with Crippen molar-refractivity contribution in [1.29, 1.82) is 0 Å². The van der Waals surface area contributed by atoms with Gasteiger partial charge in [-0.05, 0) is 61.9 Å². The lowest BCUT2D eigenvalue weighted by Crippen LogP contribution is -2.48. The lowest BCUT2D eigenvalue weighted by Gasteiger charge is -2.33. The molecule has 2 heterocycles. The second-order valence-electron chi connectivity index (χ2n) is 7.11. The maximum absolute atomic E-state index is 12.0. The quantitative estimate of drug-likeness (QED) is 0.283. The summed E-state index contributed by atoms with van der Waals surface area (Å²) in [5, 5.41) is 13.3. The van der Waals surface area contributed by atoms with Gasteiger partial charge in [-0.2, -0.15) is 0 Å². The van der Waals surface area contributed by atoms with Gasteiger partial charge >= 0.3 is 0 Å². The van der Waals surface area contributed by atoms with Crippen LogP contribution in [-0.4, -0.2) is 44.1 Å². The zero-order chi connectivity index (χ0) is 20.5. The SMILES string of the molecule is CCNC(=O)c1cccc(CN=C(NCC)NC2CCN(c3cccs3)CC2)c1.I. The number of hydrogen-bond donors (Lipinski definition) is 3. The summed E-state index contributed by atoms with van der Waals surface area (Å²) in [4.78, 5) is 19.2. The van der Waals surface area contributed by atoms with Crippen LogP contribution in [-0.2, 0) is 6.54 Å². The topological polar surface area (TPSA) is 68.8 Å². The molecule has 164 valence electrons. The molecular formula is C22H32IN5OS. The summed E-state index contributed by atoms with van der Waals surface area (Å²) in [5.41, 5.74) is 1.71. The first-order chi connectivity index (χ1) is 14.2. The molecule has 1 fully saturated rings. The molecule has 0 aliphatic carbocycles. The molecule has 0 radical (unpaired) electrons. The Bertz CT molecular complexity index is 804. The first-order valence-corrected chi connectivity index (χ1v) is 11.3. The van der Waals surface area contributed by atoms with Gasteiger partial charge in [0.25, 0.3) is 5.91 Å². The summed E-state index contributed by atoms with van der Waals surface area (Å²) in [6.07, 6.45) is 2.18. The Kier molecular flexibility index (Phi) is 10.4. The minimum Gasteiger partial charge on any atom is -0.363 e. The molecule has 30 heavy (non-hydrogen) atoms. The molecule has 0 unspecified atom stereocenters. The van der Waals surface area contributed by atoms with E-state index in [9.17, 15) is 4.79 Å². The molecule has 1 amide bonds. The van der Waals surface area contributed by atoms with E-state index in [0.717, 1.165) is 44.0 Å². The van der Waals surface area contributed by atoms with Crippen molar-refractivity contribution in [1.82, 2.24) is 16.0 Å². The molecule has 0 saturated carbocycles. The summed E-state index contributed by atoms with van der Waals surface area (Å²) in [5.74, 6) is 0.798. The monoisotopic (exact) mass is 541 g/mol. The molecule has 1 aromatic carbocycles. The number of nitrogens with zero attached hydrogens (tertiary/aromatic N) is 2. The van der Waals surface area contributed by atoms with E-state index in [1.54, 1.807) is 11.3 Å². The molecule has 0 spiro atoms. The highest BCUT2D eigenvalue weighted by Gasteiger charge is 2.20. The van der Waals surface area contributed by atoms with Crippen LogP contribution in [0.25, 0.3) is 0 Å². The molecule has 3 N–H and O–H groups in total. The Morgan fingerprint density at radius 1 is 1.13 bits per heavy atom. The lowest BCUT2D eigenvalue weighted by molar-refractivity contribution is 0.0955. The van der Waals surface area contributed by atoms with E-state index < -0.39 is 0 Å². The van der Waals surface area contributed by atoms with E-state index in [2.05, 4.69) is 45.3 Å². The highest BCUT2D eigenvalue weighted by molar-refractivity contribution is 14.0. The number of thiophene rings is 1. The maximum atomic E-state index is 12.0. The van der Waals surface area contributed by atoms with Crippen LogP contribution in [0.2, 0.25) is 0 Å². The summed E-state index contributed by atoms with van der Waals surface area (Å²) < 4.78 is 0. The molecule has 1 saturated heterocycles. The average molecular weight is 542 g/mol. The van der Waals surface area contributed by atoms with Crippen LogP contribution >= 0.6 is 35.3 Å².